The van der Waals surface area contributed by atoms with E-state index in [4.69, 9.17) is 15.4 Å². The molecular weight excluding hydrogens is 264 g/mol. The van der Waals surface area contributed by atoms with Crippen LogP contribution in [0.3, 0.4) is 0 Å². The molecule has 15 heavy (non-hydrogen) atoms. The van der Waals surface area contributed by atoms with E-state index in [1.54, 1.807) is 0 Å². The second kappa shape index (κ2) is 4.38. The van der Waals surface area contributed by atoms with Crippen LogP contribution in [0.15, 0.2) is 11.0 Å². The van der Waals surface area contributed by atoms with Crippen molar-refractivity contribution in [1.29, 1.82) is 0 Å². The minimum atomic E-state index is -3.98. The van der Waals surface area contributed by atoms with Crippen LogP contribution in [0.2, 0.25) is 0 Å². The first kappa shape index (κ1) is 12.3. The summed E-state index contributed by atoms with van der Waals surface area (Å²) in [6.07, 6.45) is 0. The van der Waals surface area contributed by atoms with Crippen molar-refractivity contribution in [2.24, 2.45) is 0 Å². The van der Waals surface area contributed by atoms with Gasteiger partial charge in [0, 0.05) is 16.7 Å². The molecule has 5 nitrogen and oxygen atoms in total. The Balaban J connectivity index is 3.37. The summed E-state index contributed by atoms with van der Waals surface area (Å²) in [6.45, 7) is 0. The molecule has 1 aromatic rings. The van der Waals surface area contributed by atoms with Crippen molar-refractivity contribution in [2.75, 3.05) is 14.2 Å². The maximum atomic E-state index is 11.2. The molecule has 0 radical (unpaired) electrons. The molecule has 1 rings (SSSR count). The molecule has 0 N–H and O–H groups in total. The van der Waals surface area contributed by atoms with Crippen molar-refractivity contribution in [3.8, 4) is 5.06 Å². The van der Waals surface area contributed by atoms with Crippen molar-refractivity contribution in [3.05, 3.63) is 10.9 Å². The average Bonchev–Trinajstić information content (AvgIpc) is 2.59. The van der Waals surface area contributed by atoms with Gasteiger partial charge < -0.3 is 9.47 Å². The minimum Gasteiger partial charge on any atom is -0.487 e. The lowest BCUT2D eigenvalue weighted by Crippen LogP contribution is -2.03. The van der Waals surface area contributed by atoms with Crippen molar-refractivity contribution in [3.63, 3.8) is 0 Å². The van der Waals surface area contributed by atoms with E-state index in [-0.39, 0.29) is 14.8 Å². The molecule has 0 bridgehead atoms. The summed E-state index contributed by atoms with van der Waals surface area (Å²) in [6, 6.07) is 1.18. The number of esters is 1. The van der Waals surface area contributed by atoms with Gasteiger partial charge in [-0.05, 0) is 0 Å². The van der Waals surface area contributed by atoms with Crippen molar-refractivity contribution in [2.45, 2.75) is 4.90 Å². The van der Waals surface area contributed by atoms with Crippen molar-refractivity contribution < 1.29 is 22.7 Å². The van der Waals surface area contributed by atoms with Gasteiger partial charge >= 0.3 is 5.97 Å². The Bertz CT molecular complexity index is 476. The van der Waals surface area contributed by atoms with E-state index in [2.05, 4.69) is 4.74 Å². The maximum Gasteiger partial charge on any atom is 0.349 e. The van der Waals surface area contributed by atoms with Crippen molar-refractivity contribution >= 4 is 37.0 Å². The van der Waals surface area contributed by atoms with Crippen LogP contribution in [-0.4, -0.2) is 28.6 Å². The van der Waals surface area contributed by atoms with E-state index in [1.807, 2.05) is 0 Å². The van der Waals surface area contributed by atoms with Crippen LogP contribution < -0.4 is 4.74 Å². The summed E-state index contributed by atoms with van der Waals surface area (Å²) in [7, 11) is 3.69. The minimum absolute atomic E-state index is 0.0932. The fraction of sp³-hybridized carbons (Fsp3) is 0.286. The van der Waals surface area contributed by atoms with Gasteiger partial charge in [0.1, 0.15) is 9.77 Å². The molecule has 0 aliphatic heterocycles. The highest BCUT2D eigenvalue weighted by Crippen LogP contribution is 2.34. The molecular formula is C7H7ClO5S2. The first-order valence-corrected chi connectivity index (χ1v) is 6.73. The van der Waals surface area contributed by atoms with Gasteiger partial charge in [0.05, 0.1) is 14.2 Å². The van der Waals surface area contributed by atoms with Crippen LogP contribution in [0, 0.1) is 0 Å². The number of thiophene rings is 1. The SMILES string of the molecule is COC(=O)c1sc(OC)cc1S(=O)(=O)Cl. The standard InChI is InChI=1S/C7H7ClO5S2/c1-12-5-3-4(15(8,10)11)6(14-5)7(9)13-2/h3H,1-2H3. The van der Waals surface area contributed by atoms with Crippen LogP contribution in [0.1, 0.15) is 9.67 Å². The van der Waals surface area contributed by atoms with E-state index in [1.165, 1.54) is 13.2 Å². The molecule has 0 saturated heterocycles. The molecule has 0 unspecified atom stereocenters. The van der Waals surface area contributed by atoms with Gasteiger partial charge in [0.2, 0.25) is 0 Å². The second-order valence-electron chi connectivity index (χ2n) is 2.39. The monoisotopic (exact) mass is 270 g/mol. The third-order valence-electron chi connectivity index (χ3n) is 1.51. The number of halogens is 1. The van der Waals surface area contributed by atoms with E-state index in [9.17, 15) is 13.2 Å². The van der Waals surface area contributed by atoms with Crippen LogP contribution in [0.4, 0.5) is 0 Å². The normalized spacial score (nSPS) is 11.1. The number of carbonyl (C=O) groups is 1. The quantitative estimate of drug-likeness (QED) is 0.614. The molecule has 0 spiro atoms. The highest BCUT2D eigenvalue weighted by atomic mass is 35.7. The zero-order valence-corrected chi connectivity index (χ0v) is 10.2. The molecule has 1 heterocycles. The van der Waals surface area contributed by atoms with Gasteiger partial charge in [0.25, 0.3) is 9.05 Å². The Morgan fingerprint density at radius 2 is 2.07 bits per heavy atom. The molecule has 0 aromatic carbocycles. The van der Waals surface area contributed by atoms with Gasteiger partial charge in [-0.2, -0.15) is 0 Å². The van der Waals surface area contributed by atoms with Crippen molar-refractivity contribution in [1.82, 2.24) is 0 Å². The molecule has 8 heteroatoms. The first-order chi connectivity index (χ1) is 6.90. The smallest absolute Gasteiger partial charge is 0.349 e. The largest absolute Gasteiger partial charge is 0.487 e. The van der Waals surface area contributed by atoms with Gasteiger partial charge in [-0.15, -0.1) is 0 Å². The predicted molar refractivity (Wildman–Crippen MR) is 55.2 cm³/mol. The third kappa shape index (κ3) is 2.61. The number of hydrogen-bond donors (Lipinski definition) is 0. The van der Waals surface area contributed by atoms with Gasteiger partial charge in [-0.1, -0.05) is 11.3 Å². The summed E-state index contributed by atoms with van der Waals surface area (Å²) in [5.74, 6) is -0.762. The van der Waals surface area contributed by atoms with Crippen LogP contribution in [0.5, 0.6) is 5.06 Å². The summed E-state index contributed by atoms with van der Waals surface area (Å²) in [4.78, 5) is 10.8. The number of carbonyl (C=O) groups excluding carboxylic acids is 1. The Labute approximate surface area is 95.0 Å². The molecule has 0 aliphatic rings. The lowest BCUT2D eigenvalue weighted by atomic mass is 10.5. The Morgan fingerprint density at radius 1 is 1.47 bits per heavy atom. The molecule has 1 aromatic heterocycles. The van der Waals surface area contributed by atoms with Crippen LogP contribution in [-0.2, 0) is 13.8 Å². The summed E-state index contributed by atoms with van der Waals surface area (Å²) in [5, 5.41) is 0.273. The van der Waals surface area contributed by atoms with E-state index >= 15 is 0 Å². The molecule has 0 aliphatic carbocycles. The second-order valence-corrected chi connectivity index (χ2v) is 5.94. The van der Waals surface area contributed by atoms with Gasteiger partial charge in [0.15, 0.2) is 5.06 Å². The lowest BCUT2D eigenvalue weighted by molar-refractivity contribution is 0.0602. The maximum absolute atomic E-state index is 11.2. The number of hydrogen-bond acceptors (Lipinski definition) is 6. The lowest BCUT2D eigenvalue weighted by Gasteiger charge is -1.96. The van der Waals surface area contributed by atoms with Gasteiger partial charge in [-0.3, -0.25) is 0 Å². The van der Waals surface area contributed by atoms with E-state index < -0.39 is 15.0 Å². The van der Waals surface area contributed by atoms with E-state index in [0.29, 0.717) is 0 Å². The van der Waals surface area contributed by atoms with E-state index in [0.717, 1.165) is 18.4 Å². The highest BCUT2D eigenvalue weighted by molar-refractivity contribution is 8.13. The summed E-state index contributed by atoms with van der Waals surface area (Å²) >= 11 is 0.859. The molecule has 0 fully saturated rings. The topological polar surface area (TPSA) is 69.7 Å². The summed E-state index contributed by atoms with van der Waals surface area (Å²) in [5.41, 5.74) is 0. The Hall–Kier alpha value is -0.790. The zero-order valence-electron chi connectivity index (χ0n) is 7.81. The van der Waals surface area contributed by atoms with Crippen LogP contribution >= 0.6 is 22.0 Å². The molecule has 0 saturated carbocycles. The molecule has 0 atom stereocenters. The fourth-order valence-corrected chi connectivity index (χ4v) is 3.24. The highest BCUT2D eigenvalue weighted by Gasteiger charge is 2.25. The summed E-state index contributed by atoms with van der Waals surface area (Å²) < 4.78 is 31.5. The Morgan fingerprint density at radius 3 is 2.47 bits per heavy atom. The fourth-order valence-electron chi connectivity index (χ4n) is 0.870. The van der Waals surface area contributed by atoms with Gasteiger partial charge in [-0.25, -0.2) is 13.2 Å². The number of ether oxygens (including phenoxy) is 2. The number of methoxy groups -OCH3 is 2. The number of rotatable bonds is 3. The first-order valence-electron chi connectivity index (χ1n) is 3.61. The third-order valence-corrected chi connectivity index (χ3v) is 4.06. The zero-order chi connectivity index (χ0) is 11.6. The molecule has 0 amide bonds. The average molecular weight is 271 g/mol. The molecule has 84 valence electrons. The predicted octanol–water partition coefficient (Wildman–Crippen LogP) is 1.47. The van der Waals surface area contributed by atoms with Crippen LogP contribution in [0.25, 0.3) is 0 Å². The Kier molecular flexibility index (Phi) is 3.58.